The molecule has 0 radical (unpaired) electrons. The van der Waals surface area contributed by atoms with Crippen molar-refractivity contribution in [3.63, 3.8) is 0 Å². The topological polar surface area (TPSA) is 66.4 Å². The van der Waals surface area contributed by atoms with Gasteiger partial charge in [-0.15, -0.1) is 0 Å². The third kappa shape index (κ3) is 2.01. The van der Waals surface area contributed by atoms with E-state index in [-0.39, 0.29) is 0 Å². The van der Waals surface area contributed by atoms with Crippen molar-refractivity contribution < 1.29 is 14.7 Å². The third-order valence-corrected chi connectivity index (χ3v) is 1.40. The first-order valence-corrected chi connectivity index (χ1v) is 3.65. The molecule has 2 N–H and O–H groups in total. The van der Waals surface area contributed by atoms with Crippen molar-refractivity contribution in [3.05, 3.63) is 0 Å². The number of carbonyl (C=O) groups excluding carboxylic acids is 2. The van der Waals surface area contributed by atoms with Gasteiger partial charge in [0.25, 0.3) is 5.91 Å². The van der Waals surface area contributed by atoms with Crippen LogP contribution in [-0.2, 0) is 9.59 Å². The van der Waals surface area contributed by atoms with Gasteiger partial charge in [-0.25, -0.2) is 0 Å². The van der Waals surface area contributed by atoms with Gasteiger partial charge in [0.05, 0.1) is 5.92 Å². The summed E-state index contributed by atoms with van der Waals surface area (Å²) in [5.74, 6) is -1.57. The molecule has 0 saturated carbocycles. The summed E-state index contributed by atoms with van der Waals surface area (Å²) in [6.45, 7) is 5.50. The van der Waals surface area contributed by atoms with Gasteiger partial charge in [-0.1, -0.05) is 20.8 Å². The minimum atomic E-state index is -1.14. The molecule has 1 rings (SSSR count). The number of aliphatic hydroxyl groups excluding tert-OH is 1. The zero-order chi connectivity index (χ0) is 9.02. The van der Waals surface area contributed by atoms with Gasteiger partial charge in [-0.3, -0.25) is 14.9 Å². The first kappa shape index (κ1) is 10.1. The molecule has 4 heteroatoms. The monoisotopic (exact) mass is 159 g/mol. The molecule has 1 heterocycles. The minimum absolute atomic E-state index is 0.396. The van der Waals surface area contributed by atoms with Gasteiger partial charge >= 0.3 is 0 Å². The van der Waals surface area contributed by atoms with Gasteiger partial charge in [0.15, 0.2) is 0 Å². The summed E-state index contributed by atoms with van der Waals surface area (Å²) >= 11 is 0. The first-order chi connectivity index (χ1) is 5.13. The van der Waals surface area contributed by atoms with Gasteiger partial charge in [0.2, 0.25) is 5.91 Å². The Hall–Kier alpha value is -0.900. The van der Waals surface area contributed by atoms with Crippen LogP contribution in [0.1, 0.15) is 20.8 Å². The molecule has 11 heavy (non-hydrogen) atoms. The molecule has 0 aromatic carbocycles. The molecule has 2 amide bonds. The highest BCUT2D eigenvalue weighted by Gasteiger charge is 2.36. The highest BCUT2D eigenvalue weighted by molar-refractivity contribution is 6.06. The van der Waals surface area contributed by atoms with Crippen LogP contribution in [0, 0.1) is 5.92 Å². The van der Waals surface area contributed by atoms with Crippen molar-refractivity contribution in [1.82, 2.24) is 5.32 Å². The van der Waals surface area contributed by atoms with Crippen molar-refractivity contribution in [2.24, 2.45) is 5.92 Å². The molecular weight excluding hydrogens is 146 g/mol. The molecule has 0 aromatic rings. The summed E-state index contributed by atoms with van der Waals surface area (Å²) in [6, 6.07) is 0. The zero-order valence-corrected chi connectivity index (χ0v) is 6.92. The largest absolute Gasteiger partial charge is 0.382 e. The number of imide groups is 1. The molecule has 4 nitrogen and oxygen atoms in total. The van der Waals surface area contributed by atoms with Crippen LogP contribution < -0.4 is 5.32 Å². The van der Waals surface area contributed by atoms with E-state index in [1.165, 1.54) is 6.92 Å². The number of rotatable bonds is 0. The van der Waals surface area contributed by atoms with Crippen LogP contribution in [0.5, 0.6) is 0 Å². The van der Waals surface area contributed by atoms with Crippen molar-refractivity contribution in [2.75, 3.05) is 0 Å². The molecule has 2 atom stereocenters. The van der Waals surface area contributed by atoms with Gasteiger partial charge in [-0.05, 0) is 0 Å². The number of nitrogens with one attached hydrogen (secondary N) is 1. The lowest BCUT2D eigenvalue weighted by Gasteiger charge is -1.98. The Morgan fingerprint density at radius 3 is 1.82 bits per heavy atom. The van der Waals surface area contributed by atoms with E-state index in [9.17, 15) is 9.59 Å². The number of amides is 2. The van der Waals surface area contributed by atoms with E-state index in [1.54, 1.807) is 0 Å². The molecule has 1 fully saturated rings. The first-order valence-electron chi connectivity index (χ1n) is 3.65. The maximum atomic E-state index is 10.5. The summed E-state index contributed by atoms with van der Waals surface area (Å²) in [6.07, 6.45) is -1.14. The minimum Gasteiger partial charge on any atom is -0.382 e. The highest BCUT2D eigenvalue weighted by Crippen LogP contribution is 2.09. The Balaban J connectivity index is 0.000000461. The molecule has 0 spiro atoms. The second-order valence-electron chi connectivity index (χ2n) is 2.09. The average Bonchev–Trinajstić information content (AvgIpc) is 2.22. The van der Waals surface area contributed by atoms with Gasteiger partial charge in [-0.2, -0.15) is 0 Å². The average molecular weight is 159 g/mol. The van der Waals surface area contributed by atoms with Gasteiger partial charge in [0.1, 0.15) is 6.10 Å². The highest BCUT2D eigenvalue weighted by atomic mass is 16.3. The number of carbonyl (C=O) groups is 2. The van der Waals surface area contributed by atoms with Crippen LogP contribution in [0.4, 0.5) is 0 Å². The molecule has 1 aliphatic heterocycles. The molecular formula is C7H13NO3. The van der Waals surface area contributed by atoms with Gasteiger partial charge < -0.3 is 5.11 Å². The van der Waals surface area contributed by atoms with E-state index in [2.05, 4.69) is 0 Å². The Morgan fingerprint density at radius 2 is 1.73 bits per heavy atom. The van der Waals surface area contributed by atoms with Crippen molar-refractivity contribution in [3.8, 4) is 0 Å². The summed E-state index contributed by atoms with van der Waals surface area (Å²) in [4.78, 5) is 20.9. The third-order valence-electron chi connectivity index (χ3n) is 1.40. The molecule has 1 saturated heterocycles. The second kappa shape index (κ2) is 4.08. The maximum Gasteiger partial charge on any atom is 0.256 e. The second-order valence-corrected chi connectivity index (χ2v) is 2.09. The predicted octanol–water partition coefficient (Wildman–Crippen LogP) is -0.334. The Bertz CT molecular complexity index is 149. The Labute approximate surface area is 65.6 Å². The molecule has 2 unspecified atom stereocenters. The molecule has 0 aromatic heterocycles. The van der Waals surface area contributed by atoms with E-state index < -0.39 is 23.8 Å². The van der Waals surface area contributed by atoms with Crippen LogP contribution >= 0.6 is 0 Å². The van der Waals surface area contributed by atoms with E-state index in [4.69, 9.17) is 5.11 Å². The van der Waals surface area contributed by atoms with E-state index >= 15 is 0 Å². The van der Waals surface area contributed by atoms with E-state index in [0.717, 1.165) is 0 Å². The molecule has 0 bridgehead atoms. The number of hydrogen-bond donors (Lipinski definition) is 2. The van der Waals surface area contributed by atoms with E-state index in [1.807, 2.05) is 19.2 Å². The van der Waals surface area contributed by atoms with Gasteiger partial charge in [0, 0.05) is 0 Å². The van der Waals surface area contributed by atoms with E-state index in [0.29, 0.717) is 0 Å². The van der Waals surface area contributed by atoms with Crippen LogP contribution in [0.25, 0.3) is 0 Å². The van der Waals surface area contributed by atoms with Crippen molar-refractivity contribution in [2.45, 2.75) is 26.9 Å². The fourth-order valence-electron chi connectivity index (χ4n) is 0.680. The van der Waals surface area contributed by atoms with Crippen molar-refractivity contribution in [1.29, 1.82) is 0 Å². The maximum absolute atomic E-state index is 10.5. The molecule has 0 aliphatic carbocycles. The fourth-order valence-corrected chi connectivity index (χ4v) is 0.680. The quantitative estimate of drug-likeness (QED) is 0.475. The summed E-state index contributed by atoms with van der Waals surface area (Å²) in [7, 11) is 0. The molecule has 64 valence electrons. The van der Waals surface area contributed by atoms with Crippen LogP contribution in [0.3, 0.4) is 0 Å². The van der Waals surface area contributed by atoms with Crippen LogP contribution in [-0.4, -0.2) is 23.0 Å². The number of aliphatic hydroxyl groups is 1. The normalized spacial score (nSPS) is 29.1. The summed E-state index contributed by atoms with van der Waals surface area (Å²) < 4.78 is 0. The lowest BCUT2D eigenvalue weighted by molar-refractivity contribution is -0.127. The predicted molar refractivity (Wildman–Crippen MR) is 39.7 cm³/mol. The lowest BCUT2D eigenvalue weighted by Crippen LogP contribution is -2.24. The van der Waals surface area contributed by atoms with Crippen LogP contribution in [0.2, 0.25) is 0 Å². The smallest absolute Gasteiger partial charge is 0.256 e. The standard InChI is InChI=1S/C5H7NO3.C2H6/c1-2-3(7)5(9)6-4(2)8;1-2/h2-3,7H,1H3,(H,6,8,9);1-2H3. The van der Waals surface area contributed by atoms with Crippen molar-refractivity contribution >= 4 is 11.8 Å². The lowest BCUT2D eigenvalue weighted by atomic mass is 10.1. The summed E-state index contributed by atoms with van der Waals surface area (Å²) in [5, 5.41) is 10.8. The fraction of sp³-hybridized carbons (Fsp3) is 0.714. The zero-order valence-electron chi connectivity index (χ0n) is 6.92. The number of hydrogen-bond acceptors (Lipinski definition) is 3. The Kier molecular flexibility index (Phi) is 3.74. The summed E-state index contributed by atoms with van der Waals surface area (Å²) in [5.41, 5.74) is 0. The Morgan fingerprint density at radius 1 is 1.27 bits per heavy atom. The SMILES string of the molecule is CC.CC1C(=O)NC(=O)C1O. The molecule has 1 aliphatic rings. The van der Waals surface area contributed by atoms with Crippen LogP contribution in [0.15, 0.2) is 0 Å².